The van der Waals surface area contributed by atoms with E-state index in [1.807, 2.05) is 6.92 Å². The summed E-state index contributed by atoms with van der Waals surface area (Å²) in [4.78, 5) is 12.1. The molecule has 1 N–H and O–H groups in total. The number of hydrogen-bond donors (Lipinski definition) is 1. The Labute approximate surface area is 127 Å². The van der Waals surface area contributed by atoms with E-state index in [0.717, 1.165) is 15.9 Å². The summed E-state index contributed by atoms with van der Waals surface area (Å²) >= 11 is 3.43. The number of hydrogen-bond acceptors (Lipinski definition) is 5. The van der Waals surface area contributed by atoms with Crippen molar-refractivity contribution in [1.82, 2.24) is 15.1 Å². The van der Waals surface area contributed by atoms with Gasteiger partial charge in [-0.05, 0) is 22.9 Å². The molecule has 0 saturated carbocycles. The van der Waals surface area contributed by atoms with Gasteiger partial charge in [-0.2, -0.15) is 5.10 Å². The number of Topliss-reactive ketones (excluding diaryl/α,β-unsaturated/α-hetero) is 1. The van der Waals surface area contributed by atoms with Gasteiger partial charge in [-0.3, -0.25) is 9.48 Å². The summed E-state index contributed by atoms with van der Waals surface area (Å²) in [7, 11) is -1.21. The number of nitrogens with zero attached hydrogens (tertiary/aromatic N) is 2. The van der Waals surface area contributed by atoms with Gasteiger partial charge in [-0.25, -0.2) is 8.42 Å². The summed E-state index contributed by atoms with van der Waals surface area (Å²) in [5.41, 5.74) is 1.67. The lowest BCUT2D eigenvalue weighted by molar-refractivity contribution is -0.118. The minimum Gasteiger partial charge on any atom is -0.312 e. The molecule has 0 radical (unpaired) electrons. The van der Waals surface area contributed by atoms with Crippen molar-refractivity contribution in [2.24, 2.45) is 7.05 Å². The number of aromatic nitrogens is 2. The van der Waals surface area contributed by atoms with Crippen molar-refractivity contribution in [2.45, 2.75) is 25.8 Å². The van der Waals surface area contributed by atoms with Gasteiger partial charge < -0.3 is 5.32 Å². The van der Waals surface area contributed by atoms with Gasteiger partial charge in [0.25, 0.3) is 0 Å². The first-order valence-corrected chi connectivity index (χ1v) is 9.03. The Kier molecular flexibility index (Phi) is 4.66. The third kappa shape index (κ3) is 3.67. The Morgan fingerprint density at radius 1 is 1.55 bits per heavy atom. The zero-order valence-electron chi connectivity index (χ0n) is 11.5. The highest BCUT2D eigenvalue weighted by molar-refractivity contribution is 9.10. The second-order valence-electron chi connectivity index (χ2n) is 5.15. The van der Waals surface area contributed by atoms with Gasteiger partial charge in [0, 0.05) is 32.5 Å². The predicted octanol–water partition coefficient (Wildman–Crippen LogP) is 0.379. The molecule has 1 aliphatic rings. The molecule has 6 nitrogen and oxygen atoms in total. The largest absolute Gasteiger partial charge is 0.312 e. The van der Waals surface area contributed by atoms with Crippen molar-refractivity contribution < 1.29 is 13.2 Å². The summed E-state index contributed by atoms with van der Waals surface area (Å²) in [6, 6.07) is -0.269. The molecule has 2 heterocycles. The minimum absolute atomic E-state index is 0.0169. The van der Waals surface area contributed by atoms with Crippen LogP contribution in [0.3, 0.4) is 0 Å². The molecule has 0 aliphatic carbocycles. The maximum Gasteiger partial charge on any atom is 0.153 e. The molecule has 1 aromatic heterocycles. The number of rotatable bonds is 4. The Balaban J connectivity index is 1.99. The van der Waals surface area contributed by atoms with Crippen molar-refractivity contribution in [3.05, 3.63) is 15.9 Å². The number of ketones is 1. The van der Waals surface area contributed by atoms with Crippen molar-refractivity contribution in [3.63, 3.8) is 0 Å². The zero-order chi connectivity index (χ0) is 14.9. The third-order valence-electron chi connectivity index (χ3n) is 3.40. The lowest BCUT2D eigenvalue weighted by Crippen LogP contribution is -2.46. The summed E-state index contributed by atoms with van der Waals surface area (Å²) in [6.45, 7) is 2.29. The average Bonchev–Trinajstić information content (AvgIpc) is 2.54. The van der Waals surface area contributed by atoms with Crippen LogP contribution >= 0.6 is 15.9 Å². The number of carbonyl (C=O) groups excluding carboxylic acids is 1. The number of aryl methyl sites for hydroxylation is 2. The molecule has 1 fully saturated rings. The van der Waals surface area contributed by atoms with Crippen molar-refractivity contribution >= 4 is 31.6 Å². The highest BCUT2D eigenvalue weighted by Gasteiger charge is 2.26. The topological polar surface area (TPSA) is 81.1 Å². The van der Waals surface area contributed by atoms with E-state index in [-0.39, 0.29) is 36.2 Å². The molecule has 1 aliphatic heterocycles. The van der Waals surface area contributed by atoms with Crippen molar-refractivity contribution in [1.29, 1.82) is 0 Å². The van der Waals surface area contributed by atoms with E-state index in [9.17, 15) is 13.2 Å². The zero-order valence-corrected chi connectivity index (χ0v) is 13.9. The molecule has 1 saturated heterocycles. The van der Waals surface area contributed by atoms with E-state index in [1.165, 1.54) is 0 Å². The van der Waals surface area contributed by atoms with Crippen LogP contribution in [0.25, 0.3) is 0 Å². The van der Waals surface area contributed by atoms with Gasteiger partial charge in [-0.1, -0.05) is 0 Å². The summed E-state index contributed by atoms with van der Waals surface area (Å²) < 4.78 is 25.6. The van der Waals surface area contributed by atoms with Crippen LogP contribution in [-0.4, -0.2) is 48.1 Å². The highest BCUT2D eigenvalue weighted by Crippen LogP contribution is 2.21. The lowest BCUT2D eigenvalue weighted by Gasteiger charge is -2.23. The molecular weight excluding hydrogens is 346 g/mol. The SMILES string of the molecule is Cc1nn(C)c(CC(=O)CC2CS(=O)(=O)CCN2)c1Br. The molecule has 0 aromatic carbocycles. The monoisotopic (exact) mass is 363 g/mol. The van der Waals surface area contributed by atoms with Crippen LogP contribution in [0.1, 0.15) is 17.8 Å². The van der Waals surface area contributed by atoms with Crippen LogP contribution < -0.4 is 5.32 Å². The Morgan fingerprint density at radius 2 is 2.25 bits per heavy atom. The molecule has 1 atom stereocenters. The van der Waals surface area contributed by atoms with E-state index < -0.39 is 9.84 Å². The molecule has 2 rings (SSSR count). The van der Waals surface area contributed by atoms with Gasteiger partial charge in [0.15, 0.2) is 9.84 Å². The highest BCUT2D eigenvalue weighted by atomic mass is 79.9. The summed E-state index contributed by atoms with van der Waals surface area (Å²) in [5.74, 6) is 0.220. The van der Waals surface area contributed by atoms with Crippen LogP contribution in [0.15, 0.2) is 4.47 Å². The Morgan fingerprint density at radius 3 is 2.80 bits per heavy atom. The fraction of sp³-hybridized carbons (Fsp3) is 0.667. The summed E-state index contributed by atoms with van der Waals surface area (Å²) in [6.07, 6.45) is 0.492. The molecule has 0 spiro atoms. The third-order valence-corrected chi connectivity index (χ3v) is 6.17. The van der Waals surface area contributed by atoms with Crippen LogP contribution in [0, 0.1) is 6.92 Å². The fourth-order valence-electron chi connectivity index (χ4n) is 2.40. The van der Waals surface area contributed by atoms with Crippen LogP contribution in [0.5, 0.6) is 0 Å². The molecular formula is C12H18BrN3O3S. The second kappa shape index (κ2) is 5.95. The molecule has 1 aromatic rings. The average molecular weight is 364 g/mol. The maximum absolute atomic E-state index is 12.1. The van der Waals surface area contributed by atoms with Crippen LogP contribution in [0.4, 0.5) is 0 Å². The standard InChI is InChI=1S/C12H18BrN3O3S/c1-8-12(13)11(16(2)15-8)6-10(17)5-9-7-20(18,19)4-3-14-9/h9,14H,3-7H2,1-2H3. The first-order chi connectivity index (χ1) is 9.28. The van der Waals surface area contributed by atoms with E-state index in [2.05, 4.69) is 26.3 Å². The first-order valence-electron chi connectivity index (χ1n) is 6.42. The number of sulfone groups is 1. The molecule has 0 bridgehead atoms. The van der Waals surface area contributed by atoms with E-state index in [0.29, 0.717) is 6.54 Å². The molecule has 112 valence electrons. The van der Waals surface area contributed by atoms with Gasteiger partial charge in [0.2, 0.25) is 0 Å². The Bertz CT molecular complexity index is 624. The van der Waals surface area contributed by atoms with Gasteiger partial charge in [0.05, 0.1) is 27.4 Å². The molecule has 20 heavy (non-hydrogen) atoms. The maximum atomic E-state index is 12.1. The molecule has 1 unspecified atom stereocenters. The van der Waals surface area contributed by atoms with Crippen LogP contribution in [-0.2, 0) is 28.1 Å². The fourth-order valence-corrected chi connectivity index (χ4v) is 4.32. The van der Waals surface area contributed by atoms with Crippen LogP contribution in [0.2, 0.25) is 0 Å². The molecule has 8 heteroatoms. The lowest BCUT2D eigenvalue weighted by atomic mass is 10.1. The number of nitrogens with one attached hydrogen (secondary N) is 1. The van der Waals surface area contributed by atoms with E-state index in [1.54, 1.807) is 11.7 Å². The number of halogens is 1. The quantitative estimate of drug-likeness (QED) is 0.836. The minimum atomic E-state index is -3.00. The van der Waals surface area contributed by atoms with Crippen molar-refractivity contribution in [3.8, 4) is 0 Å². The predicted molar refractivity (Wildman–Crippen MR) is 79.4 cm³/mol. The molecule has 0 amide bonds. The second-order valence-corrected chi connectivity index (χ2v) is 8.18. The van der Waals surface area contributed by atoms with Gasteiger partial charge in [-0.15, -0.1) is 0 Å². The normalized spacial score (nSPS) is 21.9. The van der Waals surface area contributed by atoms with Gasteiger partial charge >= 0.3 is 0 Å². The van der Waals surface area contributed by atoms with Gasteiger partial charge in [0.1, 0.15) is 5.78 Å². The summed E-state index contributed by atoms with van der Waals surface area (Å²) in [5, 5.41) is 7.33. The Hall–Kier alpha value is -0.730. The number of carbonyl (C=O) groups is 1. The van der Waals surface area contributed by atoms with E-state index in [4.69, 9.17) is 0 Å². The first kappa shape index (κ1) is 15.7. The smallest absolute Gasteiger partial charge is 0.153 e. The van der Waals surface area contributed by atoms with E-state index >= 15 is 0 Å². The van der Waals surface area contributed by atoms with Crippen molar-refractivity contribution in [2.75, 3.05) is 18.1 Å².